The van der Waals surface area contributed by atoms with Crippen LogP contribution in [0.4, 0.5) is 0 Å². The number of nitrogens with one attached hydrogen (secondary N) is 1. The minimum Gasteiger partial charge on any atom is -0.494 e. The molecule has 2 aromatic rings. The number of aromatic amines is 1. The van der Waals surface area contributed by atoms with Crippen molar-refractivity contribution in [2.75, 3.05) is 6.61 Å². The van der Waals surface area contributed by atoms with Crippen LogP contribution in [0.5, 0.6) is 5.75 Å². The first-order chi connectivity index (χ1) is 9.61. The first-order valence-electron chi connectivity index (χ1n) is 7.07. The molecule has 0 fully saturated rings. The molecule has 0 amide bonds. The smallest absolute Gasteiger partial charge is 0.303 e. The van der Waals surface area contributed by atoms with Gasteiger partial charge in [0.15, 0.2) is 0 Å². The molecule has 4 nitrogen and oxygen atoms in total. The number of carbonyl (C=O) groups is 1. The fourth-order valence-electron chi connectivity index (χ4n) is 2.33. The normalized spacial score (nSPS) is 12.5. The number of H-pyrrole nitrogens is 1. The number of ether oxygens (including phenoxy) is 1. The van der Waals surface area contributed by atoms with E-state index in [2.05, 4.69) is 18.8 Å². The van der Waals surface area contributed by atoms with Crippen LogP contribution in [0.3, 0.4) is 0 Å². The zero-order valence-electron chi connectivity index (χ0n) is 12.0. The van der Waals surface area contributed by atoms with Gasteiger partial charge in [-0.2, -0.15) is 0 Å². The molecule has 2 rings (SSSR count). The van der Waals surface area contributed by atoms with Crippen molar-refractivity contribution in [2.24, 2.45) is 0 Å². The molecule has 1 aromatic heterocycles. The second kappa shape index (κ2) is 6.46. The molecule has 4 heteroatoms. The molecule has 0 bridgehead atoms. The highest BCUT2D eigenvalue weighted by atomic mass is 16.5. The molecule has 108 valence electrons. The molecule has 1 aromatic carbocycles. The van der Waals surface area contributed by atoms with E-state index in [1.54, 1.807) is 0 Å². The Hall–Kier alpha value is -1.97. The minimum atomic E-state index is -0.747. The van der Waals surface area contributed by atoms with Crippen LogP contribution in [-0.4, -0.2) is 22.7 Å². The summed E-state index contributed by atoms with van der Waals surface area (Å²) in [4.78, 5) is 13.9. The number of carboxylic acids is 1. The molecule has 1 heterocycles. The Morgan fingerprint density at radius 3 is 2.95 bits per heavy atom. The van der Waals surface area contributed by atoms with E-state index < -0.39 is 5.97 Å². The van der Waals surface area contributed by atoms with Crippen molar-refractivity contribution in [2.45, 2.75) is 39.0 Å². The number of rotatable bonds is 7. The molecule has 0 spiro atoms. The Morgan fingerprint density at radius 2 is 2.25 bits per heavy atom. The van der Waals surface area contributed by atoms with Crippen molar-refractivity contribution in [3.05, 3.63) is 30.0 Å². The molecule has 20 heavy (non-hydrogen) atoms. The molecule has 0 aliphatic heterocycles. The second-order valence-corrected chi connectivity index (χ2v) is 5.13. The van der Waals surface area contributed by atoms with Gasteiger partial charge in [0.1, 0.15) is 5.75 Å². The Kier molecular flexibility index (Phi) is 4.66. The van der Waals surface area contributed by atoms with Crippen LogP contribution in [0.25, 0.3) is 10.9 Å². The number of hydrogen-bond acceptors (Lipinski definition) is 2. The minimum absolute atomic E-state index is 0.194. The van der Waals surface area contributed by atoms with Gasteiger partial charge in [0, 0.05) is 23.5 Å². The highest BCUT2D eigenvalue weighted by molar-refractivity contribution is 5.85. The summed E-state index contributed by atoms with van der Waals surface area (Å²) in [6.45, 7) is 4.85. The Labute approximate surface area is 118 Å². The molecule has 2 N–H and O–H groups in total. The van der Waals surface area contributed by atoms with E-state index >= 15 is 0 Å². The van der Waals surface area contributed by atoms with E-state index in [0.717, 1.165) is 28.6 Å². The lowest BCUT2D eigenvalue weighted by Crippen LogP contribution is -1.99. The molecule has 1 unspecified atom stereocenters. The fourth-order valence-corrected chi connectivity index (χ4v) is 2.33. The van der Waals surface area contributed by atoms with E-state index in [0.29, 0.717) is 13.0 Å². The lowest BCUT2D eigenvalue weighted by atomic mass is 9.96. The van der Waals surface area contributed by atoms with Gasteiger partial charge in [-0.05, 0) is 42.5 Å². The maximum Gasteiger partial charge on any atom is 0.303 e. The van der Waals surface area contributed by atoms with Gasteiger partial charge in [-0.25, -0.2) is 0 Å². The maximum absolute atomic E-state index is 10.7. The summed E-state index contributed by atoms with van der Waals surface area (Å²) in [6.07, 6.45) is 3.79. The summed E-state index contributed by atoms with van der Waals surface area (Å²) < 4.78 is 5.66. The van der Waals surface area contributed by atoms with Crippen molar-refractivity contribution in [3.8, 4) is 5.75 Å². The quantitative estimate of drug-likeness (QED) is 0.805. The van der Waals surface area contributed by atoms with E-state index in [9.17, 15) is 4.79 Å². The molecule has 1 atom stereocenters. The predicted molar refractivity (Wildman–Crippen MR) is 79.4 cm³/mol. The van der Waals surface area contributed by atoms with E-state index in [4.69, 9.17) is 9.84 Å². The van der Waals surface area contributed by atoms with Crippen LogP contribution in [0.2, 0.25) is 0 Å². The highest BCUT2D eigenvalue weighted by Crippen LogP contribution is 2.31. The van der Waals surface area contributed by atoms with Gasteiger partial charge in [-0.3, -0.25) is 4.79 Å². The SMILES string of the molecule is CCCOc1ccc2[nH]cc(C(C)CCC(=O)O)c2c1. The average Bonchev–Trinajstić information content (AvgIpc) is 2.85. The van der Waals surface area contributed by atoms with Gasteiger partial charge >= 0.3 is 5.97 Å². The topological polar surface area (TPSA) is 62.3 Å². The molecular formula is C16H21NO3. The average molecular weight is 275 g/mol. The number of carboxylic acid groups (broad SMARTS) is 1. The van der Waals surface area contributed by atoms with Crippen LogP contribution >= 0.6 is 0 Å². The van der Waals surface area contributed by atoms with E-state index in [1.165, 1.54) is 0 Å². The van der Waals surface area contributed by atoms with Crippen molar-refractivity contribution in [1.82, 2.24) is 4.98 Å². The van der Waals surface area contributed by atoms with Crippen LogP contribution in [-0.2, 0) is 4.79 Å². The Balaban J connectivity index is 2.22. The first kappa shape index (κ1) is 14.4. The number of fused-ring (bicyclic) bond motifs is 1. The second-order valence-electron chi connectivity index (χ2n) is 5.13. The molecule has 0 saturated carbocycles. The molecule has 0 aliphatic rings. The number of hydrogen-bond donors (Lipinski definition) is 2. The van der Waals surface area contributed by atoms with Crippen molar-refractivity contribution in [3.63, 3.8) is 0 Å². The molecule has 0 radical (unpaired) electrons. The van der Waals surface area contributed by atoms with Gasteiger partial charge in [-0.15, -0.1) is 0 Å². The summed E-state index contributed by atoms with van der Waals surface area (Å²) in [6, 6.07) is 6.00. The van der Waals surface area contributed by atoms with Gasteiger partial charge in [0.2, 0.25) is 0 Å². The van der Waals surface area contributed by atoms with Gasteiger partial charge in [-0.1, -0.05) is 13.8 Å². The fraction of sp³-hybridized carbons (Fsp3) is 0.438. The third kappa shape index (κ3) is 3.32. The molecule has 0 aliphatic carbocycles. The molecular weight excluding hydrogens is 254 g/mol. The largest absolute Gasteiger partial charge is 0.494 e. The van der Waals surface area contributed by atoms with E-state index in [1.807, 2.05) is 24.4 Å². The number of aromatic nitrogens is 1. The van der Waals surface area contributed by atoms with Crippen molar-refractivity contribution >= 4 is 16.9 Å². The van der Waals surface area contributed by atoms with Gasteiger partial charge < -0.3 is 14.8 Å². The third-order valence-electron chi connectivity index (χ3n) is 3.48. The Bertz CT molecular complexity index is 588. The van der Waals surface area contributed by atoms with Gasteiger partial charge in [0.05, 0.1) is 6.61 Å². The van der Waals surface area contributed by atoms with Crippen molar-refractivity contribution in [1.29, 1.82) is 0 Å². The highest BCUT2D eigenvalue weighted by Gasteiger charge is 2.13. The van der Waals surface area contributed by atoms with Crippen LogP contribution in [0, 0.1) is 0 Å². The molecule has 0 saturated heterocycles. The summed E-state index contributed by atoms with van der Waals surface area (Å²) in [7, 11) is 0. The predicted octanol–water partition coefficient (Wildman–Crippen LogP) is 3.93. The van der Waals surface area contributed by atoms with Crippen molar-refractivity contribution < 1.29 is 14.6 Å². The van der Waals surface area contributed by atoms with Crippen LogP contribution in [0.15, 0.2) is 24.4 Å². The zero-order chi connectivity index (χ0) is 14.5. The third-order valence-corrected chi connectivity index (χ3v) is 3.48. The van der Waals surface area contributed by atoms with Crippen LogP contribution < -0.4 is 4.74 Å². The first-order valence-corrected chi connectivity index (χ1v) is 7.07. The van der Waals surface area contributed by atoms with Crippen LogP contribution in [0.1, 0.15) is 44.6 Å². The zero-order valence-corrected chi connectivity index (χ0v) is 12.0. The summed E-state index contributed by atoms with van der Waals surface area (Å²) in [5, 5.41) is 9.91. The number of aliphatic carboxylic acids is 1. The Morgan fingerprint density at radius 1 is 1.45 bits per heavy atom. The van der Waals surface area contributed by atoms with E-state index in [-0.39, 0.29) is 12.3 Å². The summed E-state index contributed by atoms with van der Waals surface area (Å²) in [5.74, 6) is 0.329. The summed E-state index contributed by atoms with van der Waals surface area (Å²) in [5.41, 5.74) is 2.22. The summed E-state index contributed by atoms with van der Waals surface area (Å²) >= 11 is 0. The monoisotopic (exact) mass is 275 g/mol. The number of benzene rings is 1. The van der Waals surface area contributed by atoms with Gasteiger partial charge in [0.25, 0.3) is 0 Å². The standard InChI is InChI=1S/C16H21NO3/c1-3-8-20-12-5-6-15-13(9-12)14(10-17-15)11(2)4-7-16(18)19/h5-6,9-11,17H,3-4,7-8H2,1-2H3,(H,18,19). The lowest BCUT2D eigenvalue weighted by Gasteiger charge is -2.10. The maximum atomic E-state index is 10.7. The lowest BCUT2D eigenvalue weighted by molar-refractivity contribution is -0.137.